The van der Waals surface area contributed by atoms with Gasteiger partial charge >= 0.3 is 0 Å². The third-order valence-corrected chi connectivity index (χ3v) is 2.04. The average Bonchev–Trinajstić information content (AvgIpc) is 2.16. The fourth-order valence-electron chi connectivity index (χ4n) is 0.799. The van der Waals surface area contributed by atoms with Crippen molar-refractivity contribution in [1.82, 2.24) is 4.98 Å². The quantitative estimate of drug-likeness (QED) is 0.607. The maximum atomic E-state index is 8.71. The fourth-order valence-corrected chi connectivity index (χ4v) is 1.32. The number of pyridine rings is 1. The Kier molecular flexibility index (Phi) is 2.68. The van der Waals surface area contributed by atoms with E-state index < -0.39 is 0 Å². The summed E-state index contributed by atoms with van der Waals surface area (Å²) in [5.74, 6) is 0. The van der Waals surface area contributed by atoms with Gasteiger partial charge < -0.3 is 0 Å². The van der Waals surface area contributed by atoms with E-state index in [4.69, 9.17) is 10.5 Å². The minimum atomic E-state index is 0.368. The summed E-state index contributed by atoms with van der Waals surface area (Å²) in [5.41, 5.74) is 0.754. The Morgan fingerprint density at radius 3 is 2.67 bits per heavy atom. The summed E-state index contributed by atoms with van der Waals surface area (Å²) >= 11 is 1.36. The second-order valence-corrected chi connectivity index (χ2v) is 2.76. The molecular formula is C8H5N3S. The lowest BCUT2D eigenvalue weighted by molar-refractivity contribution is 1.10. The molecule has 0 saturated heterocycles. The summed E-state index contributed by atoms with van der Waals surface area (Å²) in [6.45, 7) is 0. The minimum absolute atomic E-state index is 0.368. The zero-order chi connectivity index (χ0) is 8.97. The Bertz CT molecular complexity index is 373. The van der Waals surface area contributed by atoms with E-state index in [1.54, 1.807) is 0 Å². The predicted molar refractivity (Wildman–Crippen MR) is 45.4 cm³/mol. The van der Waals surface area contributed by atoms with Gasteiger partial charge in [0, 0.05) is 6.20 Å². The molecule has 12 heavy (non-hydrogen) atoms. The minimum Gasteiger partial charge on any atom is -0.248 e. The van der Waals surface area contributed by atoms with Crippen molar-refractivity contribution in [3.05, 3.63) is 23.4 Å². The number of aromatic nitrogens is 1. The van der Waals surface area contributed by atoms with Crippen LogP contribution in [0.3, 0.4) is 0 Å². The zero-order valence-electron chi connectivity index (χ0n) is 6.40. The van der Waals surface area contributed by atoms with E-state index in [2.05, 4.69) is 4.98 Å². The van der Waals surface area contributed by atoms with Crippen molar-refractivity contribution >= 4 is 11.8 Å². The molecule has 0 saturated carbocycles. The molecule has 1 aromatic rings. The number of thioether (sulfide) groups is 1. The van der Waals surface area contributed by atoms with Crippen molar-refractivity contribution in [2.45, 2.75) is 5.03 Å². The molecule has 58 valence electrons. The Morgan fingerprint density at radius 2 is 2.17 bits per heavy atom. The highest BCUT2D eigenvalue weighted by Gasteiger charge is 2.06. The standard InChI is InChI=1S/C8H5N3S/c1-12-8-7(5-10)6(4-9)2-3-11-8/h2-3H,1H3. The number of hydrogen-bond donors (Lipinski definition) is 0. The molecule has 0 fully saturated rings. The van der Waals surface area contributed by atoms with E-state index in [9.17, 15) is 0 Å². The van der Waals surface area contributed by atoms with Crippen LogP contribution >= 0.6 is 11.8 Å². The van der Waals surface area contributed by atoms with Gasteiger partial charge in [0.25, 0.3) is 0 Å². The zero-order valence-corrected chi connectivity index (χ0v) is 7.22. The lowest BCUT2D eigenvalue weighted by Crippen LogP contribution is -1.89. The van der Waals surface area contributed by atoms with Crippen LogP contribution in [-0.2, 0) is 0 Å². The van der Waals surface area contributed by atoms with Crippen molar-refractivity contribution in [2.75, 3.05) is 6.26 Å². The Balaban J connectivity index is 3.37. The molecule has 0 spiro atoms. The van der Waals surface area contributed by atoms with Crippen LogP contribution in [0.1, 0.15) is 11.1 Å². The van der Waals surface area contributed by atoms with Gasteiger partial charge in [0.05, 0.1) is 5.56 Å². The molecule has 0 aliphatic rings. The normalized spacial score (nSPS) is 8.58. The summed E-state index contributed by atoms with van der Waals surface area (Å²) < 4.78 is 0. The van der Waals surface area contributed by atoms with Gasteiger partial charge in [-0.1, -0.05) is 0 Å². The van der Waals surface area contributed by atoms with E-state index in [0.29, 0.717) is 16.2 Å². The van der Waals surface area contributed by atoms with Crippen molar-refractivity contribution < 1.29 is 0 Å². The van der Waals surface area contributed by atoms with Crippen LogP contribution in [0.4, 0.5) is 0 Å². The Hall–Kier alpha value is -1.52. The van der Waals surface area contributed by atoms with Crippen molar-refractivity contribution in [2.24, 2.45) is 0 Å². The first kappa shape index (κ1) is 8.58. The van der Waals surface area contributed by atoms with Gasteiger partial charge in [-0.25, -0.2) is 4.98 Å². The first-order chi connectivity index (χ1) is 5.83. The highest BCUT2D eigenvalue weighted by molar-refractivity contribution is 7.98. The SMILES string of the molecule is CSc1nccc(C#N)c1C#N. The molecule has 0 radical (unpaired) electrons. The summed E-state index contributed by atoms with van der Waals surface area (Å²) in [5, 5.41) is 17.9. The summed E-state index contributed by atoms with van der Waals surface area (Å²) in [6, 6.07) is 5.45. The van der Waals surface area contributed by atoms with Crippen LogP contribution in [0.25, 0.3) is 0 Å². The molecule has 1 aromatic heterocycles. The van der Waals surface area contributed by atoms with Gasteiger partial charge in [0.15, 0.2) is 0 Å². The van der Waals surface area contributed by atoms with Crippen LogP contribution in [0.15, 0.2) is 17.3 Å². The molecule has 0 atom stereocenters. The van der Waals surface area contributed by atoms with Gasteiger partial charge in [-0.3, -0.25) is 0 Å². The lowest BCUT2D eigenvalue weighted by Gasteiger charge is -1.98. The molecule has 1 rings (SSSR count). The topological polar surface area (TPSA) is 60.5 Å². The monoisotopic (exact) mass is 175 g/mol. The molecule has 0 aliphatic heterocycles. The third kappa shape index (κ3) is 1.39. The van der Waals surface area contributed by atoms with E-state index in [0.717, 1.165) is 0 Å². The molecule has 0 amide bonds. The van der Waals surface area contributed by atoms with Crippen molar-refractivity contribution in [1.29, 1.82) is 10.5 Å². The van der Waals surface area contributed by atoms with Gasteiger partial charge in [-0.05, 0) is 12.3 Å². The molecule has 0 aliphatic carbocycles. The van der Waals surface area contributed by atoms with Gasteiger partial charge in [-0.15, -0.1) is 11.8 Å². The summed E-state index contributed by atoms with van der Waals surface area (Å²) in [6.07, 6.45) is 3.36. The maximum absolute atomic E-state index is 8.71. The predicted octanol–water partition coefficient (Wildman–Crippen LogP) is 1.55. The molecular weight excluding hydrogens is 170 g/mol. The van der Waals surface area contributed by atoms with Crippen molar-refractivity contribution in [3.63, 3.8) is 0 Å². The number of hydrogen-bond acceptors (Lipinski definition) is 4. The average molecular weight is 175 g/mol. The van der Waals surface area contributed by atoms with Crippen LogP contribution in [-0.4, -0.2) is 11.2 Å². The van der Waals surface area contributed by atoms with E-state index >= 15 is 0 Å². The number of nitrogens with zero attached hydrogens (tertiary/aromatic N) is 3. The second kappa shape index (κ2) is 3.75. The largest absolute Gasteiger partial charge is 0.248 e. The van der Waals surface area contributed by atoms with Crippen molar-refractivity contribution in [3.8, 4) is 12.1 Å². The third-order valence-electron chi connectivity index (χ3n) is 1.34. The molecule has 0 N–H and O–H groups in total. The van der Waals surface area contributed by atoms with Gasteiger partial charge in [-0.2, -0.15) is 10.5 Å². The van der Waals surface area contributed by atoms with Crippen LogP contribution in [0.5, 0.6) is 0 Å². The van der Waals surface area contributed by atoms with Crippen LogP contribution in [0.2, 0.25) is 0 Å². The van der Waals surface area contributed by atoms with Gasteiger partial charge in [0.2, 0.25) is 0 Å². The second-order valence-electron chi connectivity index (χ2n) is 1.97. The molecule has 0 bridgehead atoms. The van der Waals surface area contributed by atoms with E-state index in [-0.39, 0.29) is 0 Å². The van der Waals surface area contributed by atoms with Crippen LogP contribution < -0.4 is 0 Å². The maximum Gasteiger partial charge on any atom is 0.115 e. The number of nitriles is 2. The van der Waals surface area contributed by atoms with Gasteiger partial charge in [0.1, 0.15) is 22.7 Å². The molecule has 1 heterocycles. The van der Waals surface area contributed by atoms with E-state index in [1.165, 1.54) is 24.0 Å². The molecule has 3 nitrogen and oxygen atoms in total. The van der Waals surface area contributed by atoms with E-state index in [1.807, 2.05) is 18.4 Å². The summed E-state index contributed by atoms with van der Waals surface area (Å²) in [4.78, 5) is 3.97. The molecule has 4 heteroatoms. The smallest absolute Gasteiger partial charge is 0.115 e. The number of rotatable bonds is 1. The highest BCUT2D eigenvalue weighted by Crippen LogP contribution is 2.18. The van der Waals surface area contributed by atoms with Crippen LogP contribution in [0, 0.1) is 22.7 Å². The first-order valence-corrected chi connectivity index (χ1v) is 4.39. The molecule has 0 unspecified atom stereocenters. The summed E-state index contributed by atoms with van der Waals surface area (Å²) in [7, 11) is 0. The Labute approximate surface area is 74.7 Å². The fraction of sp³-hybridized carbons (Fsp3) is 0.125. The Morgan fingerprint density at radius 1 is 1.42 bits per heavy atom. The lowest BCUT2D eigenvalue weighted by atomic mass is 10.2. The highest BCUT2D eigenvalue weighted by atomic mass is 32.2. The molecule has 0 aromatic carbocycles. The first-order valence-electron chi connectivity index (χ1n) is 3.16.